The minimum absolute atomic E-state index is 0.0929. The number of rotatable bonds is 2. The van der Waals surface area contributed by atoms with E-state index in [4.69, 9.17) is 5.11 Å². The first-order valence-corrected chi connectivity index (χ1v) is 7.04. The van der Waals surface area contributed by atoms with Gasteiger partial charge < -0.3 is 10.4 Å². The van der Waals surface area contributed by atoms with Gasteiger partial charge in [0.25, 0.3) is 5.91 Å². The summed E-state index contributed by atoms with van der Waals surface area (Å²) in [6.07, 6.45) is 7.57. The van der Waals surface area contributed by atoms with E-state index >= 15 is 0 Å². The van der Waals surface area contributed by atoms with Gasteiger partial charge in [-0.1, -0.05) is 18.8 Å². The van der Waals surface area contributed by atoms with Crippen LogP contribution in [-0.2, 0) is 0 Å². The van der Waals surface area contributed by atoms with E-state index in [-0.39, 0.29) is 18.6 Å². The van der Waals surface area contributed by atoms with Crippen molar-refractivity contribution in [3.63, 3.8) is 0 Å². The Balaban J connectivity index is 1.98. The van der Waals surface area contributed by atoms with Crippen LogP contribution >= 0.6 is 0 Å². The molecular weight excluding hydrogens is 252 g/mol. The van der Waals surface area contributed by atoms with Crippen LogP contribution in [0.5, 0.6) is 0 Å². The van der Waals surface area contributed by atoms with Crippen LogP contribution in [0.15, 0.2) is 18.5 Å². The maximum atomic E-state index is 12.2. The molecule has 1 fully saturated rings. The number of nitrogens with zero attached hydrogens (tertiary/aromatic N) is 1. The van der Waals surface area contributed by atoms with E-state index in [1.54, 1.807) is 18.5 Å². The molecule has 0 radical (unpaired) electrons. The fraction of sp³-hybridized carbons (Fsp3) is 0.500. The molecule has 1 aliphatic rings. The highest BCUT2D eigenvalue weighted by Crippen LogP contribution is 2.23. The van der Waals surface area contributed by atoms with Crippen LogP contribution in [0.1, 0.15) is 48.5 Å². The zero-order valence-corrected chi connectivity index (χ0v) is 11.7. The number of hydrogen-bond donors (Lipinski definition) is 2. The molecule has 1 aliphatic carbocycles. The molecule has 1 heterocycles. The smallest absolute Gasteiger partial charge is 0.253 e. The predicted molar refractivity (Wildman–Crippen MR) is 77.1 cm³/mol. The Kier molecular flexibility index (Phi) is 5.14. The number of carbonyl (C=O) groups is 1. The molecule has 1 saturated carbocycles. The van der Waals surface area contributed by atoms with E-state index in [9.17, 15) is 4.79 Å². The van der Waals surface area contributed by atoms with Crippen LogP contribution in [0.4, 0.5) is 0 Å². The molecular formula is C16H20N2O2. The van der Waals surface area contributed by atoms with Gasteiger partial charge in [-0.3, -0.25) is 9.78 Å². The van der Waals surface area contributed by atoms with Crippen LogP contribution in [0.25, 0.3) is 0 Å². The maximum absolute atomic E-state index is 12.2. The number of carbonyl (C=O) groups excluding carboxylic acids is 1. The van der Waals surface area contributed by atoms with E-state index in [0.29, 0.717) is 11.1 Å². The third kappa shape index (κ3) is 4.07. The molecule has 106 valence electrons. The Bertz CT molecular complexity index is 523. The van der Waals surface area contributed by atoms with E-state index in [0.717, 1.165) is 18.8 Å². The van der Waals surface area contributed by atoms with Crippen molar-refractivity contribution < 1.29 is 9.90 Å². The number of aliphatic hydroxyl groups excluding tert-OH is 1. The average Bonchev–Trinajstić information content (AvgIpc) is 2.48. The second kappa shape index (κ2) is 7.06. The summed E-state index contributed by atoms with van der Waals surface area (Å²) in [5.74, 6) is 5.98. The Hall–Kier alpha value is -1.86. The first-order valence-electron chi connectivity index (χ1n) is 7.04. The summed E-state index contributed by atoms with van der Waals surface area (Å²) in [5, 5.41) is 11.7. The van der Waals surface area contributed by atoms with Crippen molar-refractivity contribution in [1.29, 1.82) is 0 Å². The van der Waals surface area contributed by atoms with Gasteiger partial charge in [0, 0.05) is 24.0 Å². The van der Waals surface area contributed by atoms with Gasteiger partial charge in [-0.2, -0.15) is 0 Å². The van der Waals surface area contributed by atoms with Crippen molar-refractivity contribution in [2.75, 3.05) is 6.61 Å². The molecule has 0 aliphatic heterocycles. The Morgan fingerprint density at radius 3 is 2.85 bits per heavy atom. The summed E-state index contributed by atoms with van der Waals surface area (Å²) >= 11 is 0. The van der Waals surface area contributed by atoms with Crippen molar-refractivity contribution in [3.05, 3.63) is 29.6 Å². The number of amides is 1. The average molecular weight is 272 g/mol. The van der Waals surface area contributed by atoms with Gasteiger partial charge in [0.05, 0.1) is 5.56 Å². The van der Waals surface area contributed by atoms with Gasteiger partial charge in [-0.15, -0.1) is 0 Å². The van der Waals surface area contributed by atoms with Crippen molar-refractivity contribution in [3.8, 4) is 11.8 Å². The van der Waals surface area contributed by atoms with Gasteiger partial charge in [0.15, 0.2) is 0 Å². The van der Waals surface area contributed by atoms with Crippen LogP contribution in [0.3, 0.4) is 0 Å². The number of nitrogens with one attached hydrogen (secondary N) is 1. The second-order valence-electron chi connectivity index (χ2n) is 5.35. The number of pyridine rings is 1. The lowest BCUT2D eigenvalue weighted by Gasteiger charge is -2.26. The standard InChI is InChI=1S/C16H20N2O2/c1-12-4-6-15(7-5-12)18-16(20)14-9-13(3-2-8-19)10-17-11-14/h9-12,15,19H,4-8H2,1H3,(H,18,20). The SMILES string of the molecule is CC1CCC(NC(=O)c2cncc(C#CCO)c2)CC1. The molecule has 0 spiro atoms. The van der Waals surface area contributed by atoms with Crippen molar-refractivity contribution in [2.45, 2.75) is 38.6 Å². The van der Waals surface area contributed by atoms with Gasteiger partial charge in [-0.05, 0) is 37.7 Å². The van der Waals surface area contributed by atoms with Crippen LogP contribution in [0.2, 0.25) is 0 Å². The number of aromatic nitrogens is 1. The molecule has 1 aromatic heterocycles. The Morgan fingerprint density at radius 2 is 2.15 bits per heavy atom. The number of aliphatic hydroxyl groups is 1. The molecule has 0 bridgehead atoms. The van der Waals surface area contributed by atoms with Gasteiger partial charge in [0.1, 0.15) is 6.61 Å². The number of hydrogen-bond acceptors (Lipinski definition) is 3. The lowest BCUT2D eigenvalue weighted by atomic mass is 9.87. The first-order chi connectivity index (χ1) is 9.69. The maximum Gasteiger partial charge on any atom is 0.253 e. The molecule has 4 nitrogen and oxygen atoms in total. The predicted octanol–water partition coefficient (Wildman–Crippen LogP) is 1.73. The molecule has 1 amide bonds. The summed E-state index contributed by atoms with van der Waals surface area (Å²) in [7, 11) is 0. The minimum Gasteiger partial charge on any atom is -0.384 e. The second-order valence-corrected chi connectivity index (χ2v) is 5.35. The molecule has 1 aromatic rings. The molecule has 2 N–H and O–H groups in total. The van der Waals surface area contributed by atoms with Crippen molar-refractivity contribution >= 4 is 5.91 Å². The summed E-state index contributed by atoms with van der Waals surface area (Å²) in [5.41, 5.74) is 1.16. The molecule has 0 atom stereocenters. The fourth-order valence-corrected chi connectivity index (χ4v) is 2.45. The zero-order chi connectivity index (χ0) is 14.4. The topological polar surface area (TPSA) is 62.2 Å². The third-order valence-electron chi connectivity index (χ3n) is 3.66. The zero-order valence-electron chi connectivity index (χ0n) is 11.7. The van der Waals surface area contributed by atoms with Gasteiger partial charge in [-0.25, -0.2) is 0 Å². The fourth-order valence-electron chi connectivity index (χ4n) is 2.45. The highest BCUT2D eigenvalue weighted by Gasteiger charge is 2.20. The van der Waals surface area contributed by atoms with Crippen LogP contribution < -0.4 is 5.32 Å². The van der Waals surface area contributed by atoms with Crippen LogP contribution in [0, 0.1) is 17.8 Å². The third-order valence-corrected chi connectivity index (χ3v) is 3.66. The van der Waals surface area contributed by atoms with E-state index in [1.165, 1.54) is 12.8 Å². The Labute approximate surface area is 119 Å². The summed E-state index contributed by atoms with van der Waals surface area (Å²) < 4.78 is 0. The summed E-state index contributed by atoms with van der Waals surface area (Å²) in [4.78, 5) is 16.2. The monoisotopic (exact) mass is 272 g/mol. The van der Waals surface area contributed by atoms with E-state index in [1.807, 2.05) is 0 Å². The van der Waals surface area contributed by atoms with Gasteiger partial charge >= 0.3 is 0 Å². The summed E-state index contributed by atoms with van der Waals surface area (Å²) in [6.45, 7) is 2.06. The first kappa shape index (κ1) is 14.5. The molecule has 0 unspecified atom stereocenters. The normalized spacial score (nSPS) is 21.7. The van der Waals surface area contributed by atoms with E-state index in [2.05, 4.69) is 29.1 Å². The van der Waals surface area contributed by atoms with Crippen molar-refractivity contribution in [1.82, 2.24) is 10.3 Å². The molecule has 4 heteroatoms. The highest BCUT2D eigenvalue weighted by atomic mass is 16.2. The molecule has 2 rings (SSSR count). The summed E-state index contributed by atoms with van der Waals surface area (Å²) in [6, 6.07) is 1.97. The Morgan fingerprint density at radius 1 is 1.40 bits per heavy atom. The molecule has 20 heavy (non-hydrogen) atoms. The van der Waals surface area contributed by atoms with Crippen LogP contribution in [-0.4, -0.2) is 28.6 Å². The molecule has 0 aromatic carbocycles. The lowest BCUT2D eigenvalue weighted by Crippen LogP contribution is -2.37. The van der Waals surface area contributed by atoms with E-state index < -0.39 is 0 Å². The minimum atomic E-state index is -0.198. The lowest BCUT2D eigenvalue weighted by molar-refractivity contribution is 0.0922. The largest absolute Gasteiger partial charge is 0.384 e. The van der Waals surface area contributed by atoms with Gasteiger partial charge in [0.2, 0.25) is 0 Å². The molecule has 0 saturated heterocycles. The van der Waals surface area contributed by atoms with Crippen molar-refractivity contribution in [2.24, 2.45) is 5.92 Å². The quantitative estimate of drug-likeness (QED) is 0.806. The highest BCUT2D eigenvalue weighted by molar-refractivity contribution is 5.94.